The smallest absolute Gasteiger partial charge is 0.164 e. The van der Waals surface area contributed by atoms with E-state index in [0.717, 1.165) is 66.3 Å². The number of nitrogens with zero attached hydrogens (tertiary/aromatic N) is 3. The minimum Gasteiger partial charge on any atom is -0.455 e. The fourth-order valence-electron chi connectivity index (χ4n) is 8.17. The molecule has 0 atom stereocenters. The number of aromatic nitrogens is 3. The minimum atomic E-state index is 0.590. The second kappa shape index (κ2) is 13.6. The van der Waals surface area contributed by atoms with Gasteiger partial charge in [-0.05, 0) is 61.5 Å². The Hall–Kier alpha value is -7.69. The topological polar surface area (TPSA) is 51.8 Å². The molecule has 57 heavy (non-hydrogen) atoms. The highest BCUT2D eigenvalue weighted by Crippen LogP contribution is 2.43. The first kappa shape index (κ1) is 32.7. The Labute approximate surface area is 329 Å². The van der Waals surface area contributed by atoms with E-state index in [4.69, 9.17) is 19.4 Å². The third-order valence-electron chi connectivity index (χ3n) is 11.0. The van der Waals surface area contributed by atoms with Crippen molar-refractivity contribution in [3.05, 3.63) is 200 Å². The molecule has 0 amide bonds. The summed E-state index contributed by atoms with van der Waals surface area (Å²) < 4.78 is 6.83. The van der Waals surface area contributed by atoms with Gasteiger partial charge in [0.2, 0.25) is 0 Å². The number of fused-ring (bicyclic) bond motifs is 5. The minimum absolute atomic E-state index is 0.590. The standard InChI is InChI=1S/C53H33N3O/c1-3-13-34(14-4-1)36-25-28-38(29-26-36)51-54-52(40-30-27-35-15-7-8-18-39(35)33-40)56-53(55-51)47-23-12-24-48-49(47)46-22-11-21-45(50(46)57-48)44-32-31-41(37-16-5-2-6-17-37)42-19-9-10-20-43(42)44/h1-33H. The van der Waals surface area contributed by atoms with Crippen LogP contribution in [0.2, 0.25) is 0 Å². The third kappa shape index (κ3) is 5.74. The van der Waals surface area contributed by atoms with Crippen molar-refractivity contribution in [3.8, 4) is 67.5 Å². The molecular weight excluding hydrogens is 695 g/mol. The van der Waals surface area contributed by atoms with E-state index in [1.807, 2.05) is 18.2 Å². The molecule has 0 saturated carbocycles. The van der Waals surface area contributed by atoms with Gasteiger partial charge in [0.25, 0.3) is 0 Å². The van der Waals surface area contributed by atoms with Crippen molar-refractivity contribution in [2.45, 2.75) is 0 Å². The Balaban J connectivity index is 1.10. The van der Waals surface area contributed by atoms with Gasteiger partial charge in [-0.3, -0.25) is 0 Å². The average Bonchev–Trinajstić information content (AvgIpc) is 3.68. The lowest BCUT2D eigenvalue weighted by atomic mass is 9.91. The Morgan fingerprint density at radius 1 is 0.298 bits per heavy atom. The number of rotatable bonds is 6. The van der Waals surface area contributed by atoms with E-state index in [1.165, 1.54) is 27.3 Å². The van der Waals surface area contributed by atoms with Gasteiger partial charge in [-0.25, -0.2) is 15.0 Å². The summed E-state index contributed by atoms with van der Waals surface area (Å²) in [6.45, 7) is 0. The van der Waals surface area contributed by atoms with E-state index < -0.39 is 0 Å². The third-order valence-corrected chi connectivity index (χ3v) is 11.0. The Morgan fingerprint density at radius 3 is 1.63 bits per heavy atom. The van der Waals surface area contributed by atoms with Gasteiger partial charge in [-0.2, -0.15) is 0 Å². The Kier molecular flexibility index (Phi) is 7.78. The van der Waals surface area contributed by atoms with Crippen LogP contribution in [0.15, 0.2) is 205 Å². The summed E-state index contributed by atoms with van der Waals surface area (Å²) in [6, 6.07) is 69.8. The maximum atomic E-state index is 6.83. The van der Waals surface area contributed by atoms with Crippen molar-refractivity contribution in [1.29, 1.82) is 0 Å². The number of hydrogen-bond acceptors (Lipinski definition) is 4. The van der Waals surface area contributed by atoms with Gasteiger partial charge >= 0.3 is 0 Å². The molecule has 11 aromatic rings. The first-order valence-corrected chi connectivity index (χ1v) is 19.2. The van der Waals surface area contributed by atoms with E-state index in [0.29, 0.717) is 17.5 Å². The molecule has 0 saturated heterocycles. The molecule has 2 heterocycles. The molecule has 0 aliphatic carbocycles. The monoisotopic (exact) mass is 727 g/mol. The maximum absolute atomic E-state index is 6.83. The zero-order valence-electron chi connectivity index (χ0n) is 30.8. The normalized spacial score (nSPS) is 11.5. The second-order valence-corrected chi connectivity index (χ2v) is 14.3. The summed E-state index contributed by atoms with van der Waals surface area (Å²) in [5, 5.41) is 6.65. The molecule has 0 fully saturated rings. The summed E-state index contributed by atoms with van der Waals surface area (Å²) >= 11 is 0. The van der Waals surface area contributed by atoms with Crippen LogP contribution in [-0.2, 0) is 0 Å². The SMILES string of the molecule is c1ccc(-c2ccc(-c3nc(-c4ccc5ccccc5c4)nc(-c4cccc5oc6c(-c7ccc(-c8ccccc8)c8ccccc78)cccc6c45)n3)cc2)cc1. The quantitative estimate of drug-likeness (QED) is 0.171. The zero-order valence-corrected chi connectivity index (χ0v) is 30.8. The van der Waals surface area contributed by atoms with Crippen molar-refractivity contribution >= 4 is 43.5 Å². The summed E-state index contributed by atoms with van der Waals surface area (Å²) in [5.74, 6) is 1.81. The molecule has 9 aromatic carbocycles. The zero-order chi connectivity index (χ0) is 37.7. The van der Waals surface area contributed by atoms with Crippen LogP contribution >= 0.6 is 0 Å². The number of benzene rings is 9. The summed E-state index contributed by atoms with van der Waals surface area (Å²) in [4.78, 5) is 15.5. The van der Waals surface area contributed by atoms with Crippen LogP contribution in [0, 0.1) is 0 Å². The van der Waals surface area contributed by atoms with Crippen LogP contribution in [0.1, 0.15) is 0 Å². The maximum Gasteiger partial charge on any atom is 0.164 e. The van der Waals surface area contributed by atoms with E-state index in [9.17, 15) is 0 Å². The van der Waals surface area contributed by atoms with Crippen LogP contribution in [0.4, 0.5) is 0 Å². The highest BCUT2D eigenvalue weighted by molar-refractivity contribution is 6.17. The van der Waals surface area contributed by atoms with Gasteiger partial charge in [0.15, 0.2) is 17.5 Å². The van der Waals surface area contributed by atoms with Crippen molar-refractivity contribution in [2.75, 3.05) is 0 Å². The Morgan fingerprint density at radius 2 is 0.842 bits per heavy atom. The first-order chi connectivity index (χ1) is 28.2. The molecule has 266 valence electrons. The van der Waals surface area contributed by atoms with E-state index >= 15 is 0 Å². The van der Waals surface area contributed by atoms with Crippen molar-refractivity contribution in [2.24, 2.45) is 0 Å². The number of furan rings is 1. The lowest BCUT2D eigenvalue weighted by Crippen LogP contribution is -2.00. The lowest BCUT2D eigenvalue weighted by molar-refractivity contribution is 0.670. The fraction of sp³-hybridized carbons (Fsp3) is 0. The molecule has 0 radical (unpaired) electrons. The molecule has 0 aliphatic rings. The van der Waals surface area contributed by atoms with Gasteiger partial charge in [0.05, 0.1) is 0 Å². The van der Waals surface area contributed by atoms with E-state index in [-0.39, 0.29) is 0 Å². The molecule has 11 rings (SSSR count). The molecule has 4 nitrogen and oxygen atoms in total. The molecule has 0 unspecified atom stereocenters. The van der Waals surface area contributed by atoms with Crippen LogP contribution in [0.3, 0.4) is 0 Å². The summed E-state index contributed by atoms with van der Waals surface area (Å²) in [6.07, 6.45) is 0. The van der Waals surface area contributed by atoms with E-state index in [1.54, 1.807) is 0 Å². The average molecular weight is 728 g/mol. The molecule has 4 heteroatoms. The van der Waals surface area contributed by atoms with Crippen molar-refractivity contribution in [3.63, 3.8) is 0 Å². The lowest BCUT2D eigenvalue weighted by Gasteiger charge is -2.12. The highest BCUT2D eigenvalue weighted by atomic mass is 16.3. The predicted octanol–water partition coefficient (Wildman–Crippen LogP) is 14.1. The number of para-hydroxylation sites is 1. The predicted molar refractivity (Wildman–Crippen MR) is 235 cm³/mol. The second-order valence-electron chi connectivity index (χ2n) is 14.3. The Bertz CT molecular complexity index is 3280. The van der Waals surface area contributed by atoms with Crippen molar-refractivity contribution in [1.82, 2.24) is 15.0 Å². The molecule has 0 spiro atoms. The molecule has 0 bridgehead atoms. The van der Waals surface area contributed by atoms with Gasteiger partial charge in [0.1, 0.15) is 11.2 Å². The fourth-order valence-corrected chi connectivity index (χ4v) is 8.17. The molecule has 0 N–H and O–H groups in total. The number of hydrogen-bond donors (Lipinski definition) is 0. The highest BCUT2D eigenvalue weighted by Gasteiger charge is 2.21. The molecule has 2 aromatic heterocycles. The van der Waals surface area contributed by atoms with E-state index in [2.05, 4.69) is 182 Å². The van der Waals surface area contributed by atoms with Crippen molar-refractivity contribution < 1.29 is 4.42 Å². The van der Waals surface area contributed by atoms with Gasteiger partial charge in [-0.15, -0.1) is 0 Å². The molecular formula is C53H33N3O. The van der Waals surface area contributed by atoms with Crippen LogP contribution < -0.4 is 0 Å². The summed E-state index contributed by atoms with van der Waals surface area (Å²) in [5.41, 5.74) is 11.2. The van der Waals surface area contributed by atoms with Gasteiger partial charge in [0, 0.05) is 33.0 Å². The van der Waals surface area contributed by atoms with Crippen LogP contribution in [0.5, 0.6) is 0 Å². The van der Waals surface area contributed by atoms with Gasteiger partial charge in [-0.1, -0.05) is 188 Å². The van der Waals surface area contributed by atoms with Gasteiger partial charge < -0.3 is 4.42 Å². The van der Waals surface area contributed by atoms with Crippen LogP contribution in [-0.4, -0.2) is 15.0 Å². The first-order valence-electron chi connectivity index (χ1n) is 19.2. The summed E-state index contributed by atoms with van der Waals surface area (Å²) in [7, 11) is 0. The largest absolute Gasteiger partial charge is 0.455 e. The van der Waals surface area contributed by atoms with Crippen LogP contribution in [0.25, 0.3) is 111 Å². The molecule has 0 aliphatic heterocycles.